The van der Waals surface area contributed by atoms with Gasteiger partial charge in [-0.3, -0.25) is 9.36 Å². The third-order valence-electron chi connectivity index (χ3n) is 2.04. The summed E-state index contributed by atoms with van der Waals surface area (Å²) < 4.78 is 26.0. The molecule has 0 aromatic rings. The van der Waals surface area contributed by atoms with Gasteiger partial charge >= 0.3 is 13.6 Å². The zero-order chi connectivity index (χ0) is 11.5. The fourth-order valence-corrected chi connectivity index (χ4v) is 2.28. The van der Waals surface area contributed by atoms with E-state index in [2.05, 4.69) is 0 Å². The molecule has 1 aliphatic rings. The van der Waals surface area contributed by atoms with Crippen LogP contribution in [0.1, 0.15) is 0 Å². The average Bonchev–Trinajstić information content (AvgIpc) is 2.23. The zero-order valence-corrected chi connectivity index (χ0v) is 9.53. The Bertz CT molecular complexity index is 319. The Morgan fingerprint density at radius 2 is 2.20 bits per heavy atom. The second kappa shape index (κ2) is 4.90. The monoisotopic (exact) mass is 235 g/mol. The van der Waals surface area contributed by atoms with Gasteiger partial charge in [0.25, 0.3) is 0 Å². The van der Waals surface area contributed by atoms with E-state index in [-0.39, 0.29) is 12.8 Å². The molecule has 0 saturated heterocycles. The van der Waals surface area contributed by atoms with E-state index in [0.717, 1.165) is 0 Å². The molecular formula is C8H14NO5P. The molecule has 0 fully saturated rings. The van der Waals surface area contributed by atoms with Crippen LogP contribution in [0, 0.1) is 0 Å². The second-order valence-corrected chi connectivity index (χ2v) is 5.36. The number of ether oxygens (including phenoxy) is 1. The molecule has 0 aromatic carbocycles. The van der Waals surface area contributed by atoms with Crippen molar-refractivity contribution in [2.75, 3.05) is 27.0 Å². The van der Waals surface area contributed by atoms with E-state index in [9.17, 15) is 9.36 Å². The zero-order valence-electron chi connectivity index (χ0n) is 8.63. The number of hydrogen-bond acceptors (Lipinski definition) is 6. The molecule has 1 heterocycles. The first-order valence-electron chi connectivity index (χ1n) is 4.33. The van der Waals surface area contributed by atoms with E-state index in [1.165, 1.54) is 20.3 Å². The molecule has 1 unspecified atom stereocenters. The lowest BCUT2D eigenvalue weighted by molar-refractivity contribution is -0.143. The van der Waals surface area contributed by atoms with Crippen LogP contribution in [-0.4, -0.2) is 39.0 Å². The molecule has 0 spiro atoms. The van der Waals surface area contributed by atoms with Crippen LogP contribution in [-0.2, 0) is 23.1 Å². The molecule has 7 heteroatoms. The number of hydrogen-bond donors (Lipinski definition) is 1. The van der Waals surface area contributed by atoms with Gasteiger partial charge in [0.1, 0.15) is 12.6 Å². The highest BCUT2D eigenvalue weighted by Gasteiger charge is 2.27. The molecule has 0 aromatic heterocycles. The maximum atomic E-state index is 11.7. The fourth-order valence-electron chi connectivity index (χ4n) is 1.18. The quantitative estimate of drug-likeness (QED) is 0.428. The molecule has 1 rings (SSSR count). The number of esters is 1. The fraction of sp³-hybridized carbons (Fsp3) is 0.625. The van der Waals surface area contributed by atoms with Gasteiger partial charge in [0.05, 0.1) is 6.16 Å². The predicted molar refractivity (Wildman–Crippen MR) is 53.5 cm³/mol. The Hall–Kier alpha value is -0.680. The molecule has 1 aliphatic heterocycles. The summed E-state index contributed by atoms with van der Waals surface area (Å²) in [6, 6.07) is -0.795. The van der Waals surface area contributed by atoms with Crippen LogP contribution < -0.4 is 5.73 Å². The lowest BCUT2D eigenvalue weighted by atomic mass is 10.1. The Balaban J connectivity index is 2.71. The SMILES string of the molecule is COP(=O)(CC1=CC(N)C(=O)OC1)OC. The molecule has 0 saturated carbocycles. The summed E-state index contributed by atoms with van der Waals surface area (Å²) in [5.41, 5.74) is 6.10. The molecule has 15 heavy (non-hydrogen) atoms. The first kappa shape index (κ1) is 12.4. The van der Waals surface area contributed by atoms with E-state index in [4.69, 9.17) is 19.5 Å². The second-order valence-electron chi connectivity index (χ2n) is 3.09. The number of carbonyl (C=O) groups excluding carboxylic acids is 1. The minimum absolute atomic E-state index is 0.0843. The maximum Gasteiger partial charge on any atom is 0.334 e. The largest absolute Gasteiger partial charge is 0.460 e. The van der Waals surface area contributed by atoms with Crippen LogP contribution in [0.5, 0.6) is 0 Å². The molecule has 86 valence electrons. The molecule has 0 amide bonds. The van der Waals surface area contributed by atoms with Gasteiger partial charge in [0, 0.05) is 14.2 Å². The summed E-state index contributed by atoms with van der Waals surface area (Å²) in [7, 11) is -0.501. The van der Waals surface area contributed by atoms with E-state index >= 15 is 0 Å². The van der Waals surface area contributed by atoms with Gasteiger partial charge in [0.2, 0.25) is 0 Å². The van der Waals surface area contributed by atoms with Gasteiger partial charge in [-0.1, -0.05) is 6.08 Å². The van der Waals surface area contributed by atoms with Crippen LogP contribution in [0.4, 0.5) is 0 Å². The first-order valence-corrected chi connectivity index (χ1v) is 6.06. The van der Waals surface area contributed by atoms with Crippen molar-refractivity contribution < 1.29 is 23.1 Å². The molecule has 6 nitrogen and oxygen atoms in total. The van der Waals surface area contributed by atoms with Gasteiger partial charge in [-0.25, -0.2) is 0 Å². The smallest absolute Gasteiger partial charge is 0.334 e. The van der Waals surface area contributed by atoms with Gasteiger partial charge in [-0.15, -0.1) is 0 Å². The van der Waals surface area contributed by atoms with Gasteiger partial charge in [-0.05, 0) is 5.57 Å². The van der Waals surface area contributed by atoms with Gasteiger partial charge < -0.3 is 19.5 Å². The highest BCUT2D eigenvalue weighted by molar-refractivity contribution is 7.54. The molecule has 0 radical (unpaired) electrons. The highest BCUT2D eigenvalue weighted by Crippen LogP contribution is 2.48. The van der Waals surface area contributed by atoms with Crippen LogP contribution >= 0.6 is 7.60 Å². The third-order valence-corrected chi connectivity index (χ3v) is 3.95. The molecule has 2 N–H and O–H groups in total. The summed E-state index contributed by atoms with van der Waals surface area (Å²) in [6.07, 6.45) is 1.61. The van der Waals surface area contributed by atoms with E-state index < -0.39 is 19.6 Å². The minimum Gasteiger partial charge on any atom is -0.460 e. The Kier molecular flexibility index (Phi) is 4.04. The van der Waals surface area contributed by atoms with Crippen molar-refractivity contribution in [2.45, 2.75) is 6.04 Å². The minimum atomic E-state index is -3.11. The number of cyclic esters (lactones) is 1. The number of nitrogens with two attached hydrogens (primary N) is 1. The topological polar surface area (TPSA) is 87.9 Å². The summed E-state index contributed by atoms with van der Waals surface area (Å²) in [6.45, 7) is 0.0866. The summed E-state index contributed by atoms with van der Waals surface area (Å²) in [5, 5.41) is 0. The van der Waals surface area contributed by atoms with Crippen molar-refractivity contribution in [3.63, 3.8) is 0 Å². The number of rotatable bonds is 4. The standard InChI is InChI=1S/C8H14NO5P/c1-12-15(11,13-2)5-6-3-7(9)8(10)14-4-6/h3,7H,4-5,9H2,1-2H3. The Morgan fingerprint density at radius 3 is 2.67 bits per heavy atom. The van der Waals surface area contributed by atoms with Crippen molar-refractivity contribution >= 4 is 13.6 Å². The Labute approximate surface area is 87.9 Å². The first-order chi connectivity index (χ1) is 7.00. The maximum absolute atomic E-state index is 11.7. The average molecular weight is 235 g/mol. The molecule has 1 atom stereocenters. The molecule has 0 bridgehead atoms. The van der Waals surface area contributed by atoms with E-state index in [0.29, 0.717) is 5.57 Å². The lowest BCUT2D eigenvalue weighted by Crippen LogP contribution is -2.35. The van der Waals surface area contributed by atoms with Crippen LogP contribution in [0.2, 0.25) is 0 Å². The highest BCUT2D eigenvalue weighted by atomic mass is 31.2. The number of carbonyl (C=O) groups is 1. The van der Waals surface area contributed by atoms with Crippen molar-refractivity contribution in [3.8, 4) is 0 Å². The lowest BCUT2D eigenvalue weighted by Gasteiger charge is -2.20. The van der Waals surface area contributed by atoms with Crippen LogP contribution in [0.25, 0.3) is 0 Å². The van der Waals surface area contributed by atoms with Crippen molar-refractivity contribution in [1.82, 2.24) is 0 Å². The van der Waals surface area contributed by atoms with Crippen molar-refractivity contribution in [2.24, 2.45) is 5.73 Å². The van der Waals surface area contributed by atoms with Crippen LogP contribution in [0.15, 0.2) is 11.6 Å². The molecular weight excluding hydrogens is 221 g/mol. The third kappa shape index (κ3) is 3.14. The van der Waals surface area contributed by atoms with E-state index in [1.54, 1.807) is 0 Å². The van der Waals surface area contributed by atoms with E-state index in [1.807, 2.05) is 0 Å². The van der Waals surface area contributed by atoms with Gasteiger partial charge in [-0.2, -0.15) is 0 Å². The summed E-state index contributed by atoms with van der Waals surface area (Å²) >= 11 is 0. The van der Waals surface area contributed by atoms with Crippen molar-refractivity contribution in [3.05, 3.63) is 11.6 Å². The predicted octanol–water partition coefficient (Wildman–Crippen LogP) is 0.283. The van der Waals surface area contributed by atoms with Crippen LogP contribution in [0.3, 0.4) is 0 Å². The molecule has 0 aliphatic carbocycles. The normalized spacial score (nSPS) is 22.2. The Morgan fingerprint density at radius 1 is 1.60 bits per heavy atom. The summed E-state index contributed by atoms with van der Waals surface area (Å²) in [4.78, 5) is 10.9. The van der Waals surface area contributed by atoms with Crippen molar-refractivity contribution in [1.29, 1.82) is 0 Å². The summed E-state index contributed by atoms with van der Waals surface area (Å²) in [5.74, 6) is -0.483. The van der Waals surface area contributed by atoms with Gasteiger partial charge in [0.15, 0.2) is 0 Å².